The Labute approximate surface area is 205 Å². The van der Waals surface area contributed by atoms with Gasteiger partial charge in [0.15, 0.2) is 21.3 Å². The average molecular weight is 518 g/mol. The molecule has 1 amide bonds. The molecule has 3 aromatic rings. The molecule has 0 aliphatic carbocycles. The van der Waals surface area contributed by atoms with Crippen LogP contribution in [0.3, 0.4) is 0 Å². The lowest BCUT2D eigenvalue weighted by Crippen LogP contribution is -2.35. The van der Waals surface area contributed by atoms with Crippen LogP contribution in [0.2, 0.25) is 0 Å². The van der Waals surface area contributed by atoms with Crippen LogP contribution in [0.25, 0.3) is 11.3 Å². The van der Waals surface area contributed by atoms with Crippen LogP contribution in [-0.4, -0.2) is 51.0 Å². The fourth-order valence-corrected chi connectivity index (χ4v) is 6.73. The van der Waals surface area contributed by atoms with Crippen molar-refractivity contribution < 1.29 is 26.2 Å². The Hall–Kier alpha value is -3.02. The van der Waals surface area contributed by atoms with Gasteiger partial charge in [-0.05, 0) is 67.8 Å². The molecule has 1 aromatic heterocycles. The number of hydrogen-bond donors (Lipinski definition) is 1. The molecule has 2 aromatic carbocycles. The third kappa shape index (κ3) is 5.63. The molecule has 4 rings (SSSR count). The van der Waals surface area contributed by atoms with Gasteiger partial charge in [0.25, 0.3) is 5.91 Å². The van der Waals surface area contributed by atoms with E-state index in [0.29, 0.717) is 36.5 Å². The van der Waals surface area contributed by atoms with E-state index in [9.17, 15) is 21.6 Å². The van der Waals surface area contributed by atoms with Gasteiger partial charge in [-0.3, -0.25) is 4.79 Å². The maximum Gasteiger partial charge on any atom is 0.277 e. The van der Waals surface area contributed by atoms with Crippen molar-refractivity contribution in [3.05, 3.63) is 60.3 Å². The summed E-state index contributed by atoms with van der Waals surface area (Å²) in [6, 6.07) is 13.7. The minimum absolute atomic E-state index is 0.0349. The molecule has 35 heavy (non-hydrogen) atoms. The van der Waals surface area contributed by atoms with Crippen LogP contribution in [0.15, 0.2) is 68.9 Å². The molecular weight excluding hydrogens is 490 g/mol. The fourth-order valence-electron chi connectivity index (χ4n) is 3.89. The summed E-state index contributed by atoms with van der Waals surface area (Å²) < 4.78 is 56.7. The van der Waals surface area contributed by atoms with E-state index in [2.05, 4.69) is 10.5 Å². The smallest absolute Gasteiger partial charge is 0.277 e. The first-order chi connectivity index (χ1) is 16.7. The minimum Gasteiger partial charge on any atom is -0.355 e. The molecular formula is C24H27N3O6S2. The number of carbonyl (C=O) groups is 1. The number of rotatable bonds is 8. The van der Waals surface area contributed by atoms with Crippen LogP contribution in [0.4, 0.5) is 5.69 Å². The van der Waals surface area contributed by atoms with Crippen molar-refractivity contribution in [3.63, 3.8) is 0 Å². The molecule has 0 saturated carbocycles. The van der Waals surface area contributed by atoms with Gasteiger partial charge in [-0.1, -0.05) is 18.5 Å². The normalized spacial score (nSPS) is 15.1. The predicted molar refractivity (Wildman–Crippen MR) is 131 cm³/mol. The Bertz CT molecular complexity index is 1390. The van der Waals surface area contributed by atoms with Crippen LogP contribution < -0.4 is 5.32 Å². The van der Waals surface area contributed by atoms with Crippen LogP contribution in [0, 0.1) is 0 Å². The number of hydrogen-bond acceptors (Lipinski definition) is 7. The lowest BCUT2D eigenvalue weighted by molar-refractivity contribution is 0.101. The van der Waals surface area contributed by atoms with Crippen LogP contribution >= 0.6 is 0 Å². The molecule has 11 heteroatoms. The first-order valence-corrected chi connectivity index (χ1v) is 14.5. The Morgan fingerprint density at radius 2 is 1.57 bits per heavy atom. The topological polar surface area (TPSA) is 127 Å². The fraction of sp³-hybridized carbons (Fsp3) is 0.333. The monoisotopic (exact) mass is 517 g/mol. The highest BCUT2D eigenvalue weighted by molar-refractivity contribution is 7.91. The summed E-state index contributed by atoms with van der Waals surface area (Å²) in [5.41, 5.74) is 1.04. The highest BCUT2D eigenvalue weighted by Crippen LogP contribution is 2.25. The Morgan fingerprint density at radius 1 is 0.943 bits per heavy atom. The molecule has 0 unspecified atom stereocenters. The zero-order valence-corrected chi connectivity index (χ0v) is 20.9. The molecule has 0 bridgehead atoms. The minimum atomic E-state index is -3.55. The zero-order chi connectivity index (χ0) is 25.1. The molecule has 1 aliphatic rings. The maximum absolute atomic E-state index is 12.8. The van der Waals surface area contributed by atoms with E-state index in [4.69, 9.17) is 4.52 Å². The average Bonchev–Trinajstić information content (AvgIpc) is 3.36. The molecule has 1 aliphatic heterocycles. The van der Waals surface area contributed by atoms with Gasteiger partial charge in [0.1, 0.15) is 0 Å². The Morgan fingerprint density at radius 3 is 2.20 bits per heavy atom. The number of amides is 1. The van der Waals surface area contributed by atoms with Crippen molar-refractivity contribution in [2.75, 3.05) is 24.2 Å². The number of nitrogens with one attached hydrogen (secondary N) is 1. The number of sulfone groups is 1. The van der Waals surface area contributed by atoms with Gasteiger partial charge in [0.2, 0.25) is 10.0 Å². The van der Waals surface area contributed by atoms with Crippen LogP contribution in [0.5, 0.6) is 0 Å². The molecule has 2 heterocycles. The SMILES string of the molecule is CCCS(=O)(=O)c1ccc(-c2cc(C(=O)Nc3ccc(S(=O)(=O)N4CCCCC4)cc3)no2)cc1. The molecule has 1 saturated heterocycles. The molecule has 0 radical (unpaired) electrons. The predicted octanol–water partition coefficient (Wildman–Crippen LogP) is 3.95. The van der Waals surface area contributed by atoms with E-state index >= 15 is 0 Å². The van der Waals surface area contributed by atoms with E-state index in [1.165, 1.54) is 46.8 Å². The highest BCUT2D eigenvalue weighted by Gasteiger charge is 2.26. The second-order valence-corrected chi connectivity index (χ2v) is 12.4. The van der Waals surface area contributed by atoms with Crippen molar-refractivity contribution in [1.29, 1.82) is 0 Å². The van der Waals surface area contributed by atoms with E-state index in [-0.39, 0.29) is 21.2 Å². The van der Waals surface area contributed by atoms with Crippen molar-refractivity contribution in [1.82, 2.24) is 9.46 Å². The summed E-state index contributed by atoms with van der Waals surface area (Å²) in [7, 11) is -6.87. The van der Waals surface area contributed by atoms with Gasteiger partial charge in [0.05, 0.1) is 15.5 Å². The highest BCUT2D eigenvalue weighted by atomic mass is 32.2. The Kier molecular flexibility index (Phi) is 7.39. The van der Waals surface area contributed by atoms with E-state index in [0.717, 1.165) is 19.3 Å². The second-order valence-electron chi connectivity index (χ2n) is 8.36. The number of benzene rings is 2. The third-order valence-corrected chi connectivity index (χ3v) is 9.63. The van der Waals surface area contributed by atoms with E-state index in [1.54, 1.807) is 19.1 Å². The number of anilines is 1. The number of sulfonamides is 1. The van der Waals surface area contributed by atoms with Gasteiger partial charge in [0, 0.05) is 30.4 Å². The molecule has 1 fully saturated rings. The summed E-state index contributed by atoms with van der Waals surface area (Å²) in [4.78, 5) is 13.0. The summed E-state index contributed by atoms with van der Waals surface area (Å²) in [6.07, 6.45) is 3.28. The molecule has 1 N–H and O–H groups in total. The Balaban J connectivity index is 1.43. The third-order valence-electron chi connectivity index (χ3n) is 5.78. The summed E-state index contributed by atoms with van der Waals surface area (Å²) in [5.74, 6) is -0.129. The number of nitrogens with zero attached hydrogens (tertiary/aromatic N) is 2. The second kappa shape index (κ2) is 10.3. The number of aromatic nitrogens is 1. The van der Waals surface area contributed by atoms with Gasteiger partial charge >= 0.3 is 0 Å². The molecule has 0 atom stereocenters. The van der Waals surface area contributed by atoms with Crippen molar-refractivity contribution >= 4 is 31.5 Å². The van der Waals surface area contributed by atoms with Crippen molar-refractivity contribution in [2.45, 2.75) is 42.4 Å². The molecule has 9 nitrogen and oxygen atoms in total. The maximum atomic E-state index is 12.8. The number of carbonyl (C=O) groups excluding carboxylic acids is 1. The lowest BCUT2D eigenvalue weighted by atomic mass is 10.1. The van der Waals surface area contributed by atoms with Crippen LogP contribution in [-0.2, 0) is 19.9 Å². The zero-order valence-electron chi connectivity index (χ0n) is 19.3. The number of piperidine rings is 1. The van der Waals surface area contributed by atoms with Gasteiger partial charge in [-0.15, -0.1) is 0 Å². The van der Waals surface area contributed by atoms with Crippen molar-refractivity contribution in [3.8, 4) is 11.3 Å². The van der Waals surface area contributed by atoms with Crippen molar-refractivity contribution in [2.24, 2.45) is 0 Å². The quantitative estimate of drug-likeness (QED) is 0.479. The first kappa shape index (κ1) is 25.1. The molecule has 186 valence electrons. The van der Waals surface area contributed by atoms with Gasteiger partial charge in [-0.2, -0.15) is 4.31 Å². The van der Waals surface area contributed by atoms with Gasteiger partial charge < -0.3 is 9.84 Å². The standard InChI is InChI=1S/C24H27N3O6S2/c1-2-16-34(29,30)20-10-6-18(7-11-20)23-17-22(26-33-23)24(28)25-19-8-12-21(13-9-19)35(31,32)27-14-4-3-5-15-27/h6-13,17H,2-5,14-16H2,1H3,(H,25,28). The lowest BCUT2D eigenvalue weighted by Gasteiger charge is -2.25. The summed E-state index contributed by atoms with van der Waals surface area (Å²) in [6.45, 7) is 2.85. The van der Waals surface area contributed by atoms with E-state index in [1.807, 2.05) is 0 Å². The van der Waals surface area contributed by atoms with Crippen LogP contribution in [0.1, 0.15) is 43.1 Å². The van der Waals surface area contributed by atoms with E-state index < -0.39 is 25.8 Å². The van der Waals surface area contributed by atoms with Gasteiger partial charge in [-0.25, -0.2) is 16.8 Å². The first-order valence-electron chi connectivity index (χ1n) is 11.4. The largest absolute Gasteiger partial charge is 0.355 e. The summed E-state index contributed by atoms with van der Waals surface area (Å²) >= 11 is 0. The molecule has 0 spiro atoms. The summed E-state index contributed by atoms with van der Waals surface area (Å²) in [5, 5.41) is 6.47.